The highest BCUT2D eigenvalue weighted by molar-refractivity contribution is 5.33. The molecule has 2 heterocycles. The van der Waals surface area contributed by atoms with Gasteiger partial charge in [0.25, 0.3) is 0 Å². The maximum Gasteiger partial charge on any atom is 0.203 e. The summed E-state index contributed by atoms with van der Waals surface area (Å²) in [5, 5.41) is 3.58. The minimum atomic E-state index is 0.0674. The molecule has 0 radical (unpaired) electrons. The molecule has 4 heteroatoms. The second-order valence-electron chi connectivity index (χ2n) is 6.42. The predicted molar refractivity (Wildman–Crippen MR) is 81.1 cm³/mol. The molecule has 1 saturated carbocycles. The van der Waals surface area contributed by atoms with Crippen LogP contribution in [0.3, 0.4) is 0 Å². The van der Waals surface area contributed by atoms with Gasteiger partial charge in [0.05, 0.1) is 11.3 Å². The lowest BCUT2D eigenvalue weighted by Crippen LogP contribution is -2.39. The van der Waals surface area contributed by atoms with Crippen LogP contribution in [0.25, 0.3) is 0 Å². The molecule has 1 atom stereocenters. The molecule has 1 aliphatic carbocycles. The number of aryl methyl sites for hydroxylation is 1. The molecule has 2 aliphatic rings. The number of nitrogens with zero attached hydrogens (tertiary/aromatic N) is 2. The minimum absolute atomic E-state index is 0.0674. The van der Waals surface area contributed by atoms with Crippen molar-refractivity contribution in [2.75, 3.05) is 11.9 Å². The van der Waals surface area contributed by atoms with Crippen molar-refractivity contribution in [1.29, 1.82) is 0 Å². The summed E-state index contributed by atoms with van der Waals surface area (Å²) in [5.74, 6) is 1.07. The fraction of sp³-hybridized carbons (Fsp3) is 0.812. The number of aromatic nitrogens is 2. The smallest absolute Gasteiger partial charge is 0.203 e. The zero-order valence-corrected chi connectivity index (χ0v) is 13.0. The van der Waals surface area contributed by atoms with Gasteiger partial charge >= 0.3 is 0 Å². The molecule has 112 valence electrons. The van der Waals surface area contributed by atoms with E-state index in [0.29, 0.717) is 12.1 Å². The Morgan fingerprint density at radius 3 is 2.75 bits per heavy atom. The molecule has 1 unspecified atom stereocenters. The average molecular weight is 277 g/mol. The SMILES string of the molecule is CCC1(CC)CC(n2cc(C)nc2NC2CC2)CCO1. The van der Waals surface area contributed by atoms with E-state index in [1.54, 1.807) is 0 Å². The fourth-order valence-corrected chi connectivity index (χ4v) is 3.29. The third-order valence-electron chi connectivity index (χ3n) is 4.91. The van der Waals surface area contributed by atoms with Crippen LogP contribution in [0.15, 0.2) is 6.20 Å². The van der Waals surface area contributed by atoms with Gasteiger partial charge in [0.2, 0.25) is 5.95 Å². The lowest BCUT2D eigenvalue weighted by atomic mass is 9.86. The molecule has 2 fully saturated rings. The molecule has 3 rings (SSSR count). The number of anilines is 1. The van der Waals surface area contributed by atoms with Crippen molar-refractivity contribution in [3.05, 3.63) is 11.9 Å². The van der Waals surface area contributed by atoms with Crippen LogP contribution >= 0.6 is 0 Å². The molecule has 4 nitrogen and oxygen atoms in total. The highest BCUT2D eigenvalue weighted by Crippen LogP contribution is 2.39. The van der Waals surface area contributed by atoms with Gasteiger partial charge in [0.1, 0.15) is 0 Å². The Balaban J connectivity index is 1.80. The van der Waals surface area contributed by atoms with Gasteiger partial charge in [-0.25, -0.2) is 4.98 Å². The number of hydrogen-bond donors (Lipinski definition) is 1. The Labute approximate surface area is 121 Å². The van der Waals surface area contributed by atoms with Crippen LogP contribution in [0.4, 0.5) is 5.95 Å². The highest BCUT2D eigenvalue weighted by atomic mass is 16.5. The Bertz CT molecular complexity index is 460. The van der Waals surface area contributed by atoms with Crippen LogP contribution in [0, 0.1) is 6.92 Å². The molecule has 0 spiro atoms. The van der Waals surface area contributed by atoms with Gasteiger partial charge in [0.15, 0.2) is 0 Å². The van der Waals surface area contributed by atoms with Crippen molar-refractivity contribution < 1.29 is 4.74 Å². The summed E-state index contributed by atoms with van der Waals surface area (Å²) in [6.07, 6.45) is 9.17. The van der Waals surface area contributed by atoms with Crippen LogP contribution < -0.4 is 5.32 Å². The Morgan fingerprint density at radius 2 is 2.10 bits per heavy atom. The van der Waals surface area contributed by atoms with Gasteiger partial charge in [-0.3, -0.25) is 0 Å². The van der Waals surface area contributed by atoms with E-state index in [1.807, 2.05) is 0 Å². The Hall–Kier alpha value is -1.03. The van der Waals surface area contributed by atoms with Crippen molar-refractivity contribution in [2.24, 2.45) is 0 Å². The first-order valence-electron chi connectivity index (χ1n) is 8.12. The van der Waals surface area contributed by atoms with Gasteiger partial charge in [-0.2, -0.15) is 0 Å². The van der Waals surface area contributed by atoms with Crippen molar-refractivity contribution in [1.82, 2.24) is 9.55 Å². The summed E-state index contributed by atoms with van der Waals surface area (Å²) in [6.45, 7) is 7.44. The topological polar surface area (TPSA) is 39.1 Å². The molecule has 1 aromatic heterocycles. The van der Waals surface area contributed by atoms with Gasteiger partial charge in [-0.1, -0.05) is 13.8 Å². The van der Waals surface area contributed by atoms with Crippen molar-refractivity contribution in [2.45, 2.75) is 77.0 Å². The number of rotatable bonds is 5. The van der Waals surface area contributed by atoms with Gasteiger partial charge in [-0.15, -0.1) is 0 Å². The second kappa shape index (κ2) is 5.40. The molecule has 0 amide bonds. The second-order valence-corrected chi connectivity index (χ2v) is 6.42. The van der Waals surface area contributed by atoms with Crippen LogP contribution in [-0.4, -0.2) is 27.8 Å². The van der Waals surface area contributed by atoms with Crippen molar-refractivity contribution in [3.8, 4) is 0 Å². The molecule has 1 aromatic rings. The number of imidazole rings is 1. The molecule has 0 bridgehead atoms. The zero-order valence-electron chi connectivity index (χ0n) is 13.0. The van der Waals surface area contributed by atoms with Crippen molar-refractivity contribution in [3.63, 3.8) is 0 Å². The summed E-state index contributed by atoms with van der Waals surface area (Å²) in [4.78, 5) is 4.68. The van der Waals surface area contributed by atoms with E-state index in [4.69, 9.17) is 4.74 Å². The van der Waals surface area contributed by atoms with Crippen molar-refractivity contribution >= 4 is 5.95 Å². The van der Waals surface area contributed by atoms with Gasteiger partial charge in [0, 0.05) is 24.9 Å². The maximum atomic E-state index is 6.10. The summed E-state index contributed by atoms with van der Waals surface area (Å²) >= 11 is 0. The normalized spacial score (nSPS) is 25.6. The summed E-state index contributed by atoms with van der Waals surface area (Å²) in [7, 11) is 0. The molecular weight excluding hydrogens is 250 g/mol. The van der Waals surface area contributed by atoms with Crippen LogP contribution in [-0.2, 0) is 4.74 Å². The van der Waals surface area contributed by atoms with E-state index < -0.39 is 0 Å². The molecular formula is C16H27N3O. The highest BCUT2D eigenvalue weighted by Gasteiger charge is 2.36. The van der Waals surface area contributed by atoms with Gasteiger partial charge < -0.3 is 14.6 Å². The van der Waals surface area contributed by atoms with Crippen LogP contribution in [0.2, 0.25) is 0 Å². The molecule has 1 aliphatic heterocycles. The predicted octanol–water partition coefficient (Wildman–Crippen LogP) is 3.68. The third-order valence-corrected chi connectivity index (χ3v) is 4.91. The fourth-order valence-electron chi connectivity index (χ4n) is 3.29. The monoisotopic (exact) mass is 277 g/mol. The first kappa shape index (κ1) is 13.9. The van der Waals surface area contributed by atoms with Crippen LogP contribution in [0.5, 0.6) is 0 Å². The Morgan fingerprint density at radius 1 is 1.35 bits per heavy atom. The molecule has 1 N–H and O–H groups in total. The molecule has 20 heavy (non-hydrogen) atoms. The van der Waals surface area contributed by atoms with E-state index in [2.05, 4.69) is 41.8 Å². The summed E-state index contributed by atoms with van der Waals surface area (Å²) in [5.41, 5.74) is 1.18. The number of hydrogen-bond acceptors (Lipinski definition) is 3. The lowest BCUT2D eigenvalue weighted by molar-refractivity contribution is -0.0984. The minimum Gasteiger partial charge on any atom is -0.375 e. The average Bonchev–Trinajstić information content (AvgIpc) is 3.20. The zero-order chi connectivity index (χ0) is 14.2. The van der Waals surface area contributed by atoms with E-state index in [1.165, 1.54) is 12.8 Å². The van der Waals surface area contributed by atoms with Crippen LogP contribution in [0.1, 0.15) is 64.1 Å². The standard InChI is InChI=1S/C16H27N3O/c1-4-16(5-2)10-14(8-9-20-16)19-11-12(3)17-15(19)18-13-6-7-13/h11,13-14H,4-10H2,1-3H3,(H,17,18). The number of ether oxygens (including phenoxy) is 1. The first-order chi connectivity index (χ1) is 9.65. The lowest BCUT2D eigenvalue weighted by Gasteiger charge is -2.40. The quantitative estimate of drug-likeness (QED) is 0.892. The van der Waals surface area contributed by atoms with E-state index in [0.717, 1.165) is 43.9 Å². The van der Waals surface area contributed by atoms with E-state index in [-0.39, 0.29) is 5.60 Å². The van der Waals surface area contributed by atoms with Gasteiger partial charge in [-0.05, 0) is 45.4 Å². The number of nitrogens with one attached hydrogen (secondary N) is 1. The van der Waals surface area contributed by atoms with E-state index in [9.17, 15) is 0 Å². The molecule has 0 aromatic carbocycles. The largest absolute Gasteiger partial charge is 0.375 e. The molecule has 1 saturated heterocycles. The summed E-state index contributed by atoms with van der Waals surface area (Å²) in [6, 6.07) is 1.17. The summed E-state index contributed by atoms with van der Waals surface area (Å²) < 4.78 is 8.47. The maximum absolute atomic E-state index is 6.10. The Kier molecular flexibility index (Phi) is 3.76. The third kappa shape index (κ3) is 2.71. The van der Waals surface area contributed by atoms with E-state index >= 15 is 0 Å². The first-order valence-corrected chi connectivity index (χ1v) is 8.12.